The third-order valence-corrected chi connectivity index (χ3v) is 2.02. The number of hydrogen-bond acceptors (Lipinski definition) is 2. The molecule has 0 aliphatic rings. The first-order valence-corrected chi connectivity index (χ1v) is 4.45. The molecule has 3 N–H and O–H groups in total. The van der Waals surface area contributed by atoms with Crippen molar-refractivity contribution < 1.29 is 9.59 Å². The number of hydrogen-bond donors (Lipinski definition) is 2. The van der Waals surface area contributed by atoms with E-state index in [1.165, 1.54) is 18.2 Å². The number of carbonyl (C=O) groups excluding carboxylic acids is 2. The van der Waals surface area contributed by atoms with Crippen LogP contribution in [0.15, 0.2) is 30.9 Å². The fraction of sp³-hybridized carbons (Fsp3) is 0. The van der Waals surface area contributed by atoms with Crippen LogP contribution in [0.1, 0.15) is 10.4 Å². The van der Waals surface area contributed by atoms with E-state index in [0.717, 1.165) is 6.08 Å². The van der Waals surface area contributed by atoms with Crippen LogP contribution in [0.5, 0.6) is 0 Å². The van der Waals surface area contributed by atoms with Crippen LogP contribution in [0.2, 0.25) is 5.02 Å². The highest BCUT2D eigenvalue weighted by atomic mass is 35.5. The van der Waals surface area contributed by atoms with Crippen molar-refractivity contribution in [2.75, 3.05) is 5.32 Å². The summed E-state index contributed by atoms with van der Waals surface area (Å²) >= 11 is 5.80. The van der Waals surface area contributed by atoms with Crippen LogP contribution in [0.25, 0.3) is 0 Å². The number of nitrogens with two attached hydrogens (primary N) is 1. The first-order chi connectivity index (χ1) is 7.04. The maximum absolute atomic E-state index is 11.0. The molecular weight excluding hydrogens is 216 g/mol. The standard InChI is InChI=1S/C10H9ClN2O2/c1-2-9(14)13-8-5-6(10(12)15)3-4-7(8)11/h2-5H,1H2,(H2,12,15)(H,13,14). The Morgan fingerprint density at radius 1 is 1.47 bits per heavy atom. The zero-order chi connectivity index (χ0) is 11.4. The number of rotatable bonds is 3. The molecule has 0 bridgehead atoms. The number of nitrogens with one attached hydrogen (secondary N) is 1. The summed E-state index contributed by atoms with van der Waals surface area (Å²) < 4.78 is 0. The van der Waals surface area contributed by atoms with E-state index in [4.69, 9.17) is 17.3 Å². The van der Waals surface area contributed by atoms with E-state index in [1.54, 1.807) is 0 Å². The molecular formula is C10H9ClN2O2. The second-order valence-electron chi connectivity index (χ2n) is 2.75. The lowest BCUT2D eigenvalue weighted by Gasteiger charge is -2.05. The highest BCUT2D eigenvalue weighted by Gasteiger charge is 2.07. The van der Waals surface area contributed by atoms with Crippen LogP contribution >= 0.6 is 11.6 Å². The van der Waals surface area contributed by atoms with Gasteiger partial charge in [-0.1, -0.05) is 18.2 Å². The average Bonchev–Trinajstić information content (AvgIpc) is 2.20. The quantitative estimate of drug-likeness (QED) is 0.765. The van der Waals surface area contributed by atoms with Crippen molar-refractivity contribution in [2.24, 2.45) is 5.73 Å². The molecule has 0 unspecified atom stereocenters. The van der Waals surface area contributed by atoms with Crippen molar-refractivity contribution in [1.82, 2.24) is 0 Å². The Kier molecular flexibility index (Phi) is 3.46. The smallest absolute Gasteiger partial charge is 0.248 e. The fourth-order valence-electron chi connectivity index (χ4n) is 0.958. The lowest BCUT2D eigenvalue weighted by molar-refractivity contribution is -0.111. The Labute approximate surface area is 91.7 Å². The molecule has 0 fully saturated rings. The monoisotopic (exact) mass is 224 g/mol. The van der Waals surface area contributed by atoms with Gasteiger partial charge in [-0.3, -0.25) is 9.59 Å². The van der Waals surface area contributed by atoms with Gasteiger partial charge in [0.2, 0.25) is 11.8 Å². The Hall–Kier alpha value is -1.81. The Bertz CT molecular complexity index is 429. The minimum atomic E-state index is -0.583. The average molecular weight is 225 g/mol. The molecule has 0 saturated heterocycles. The highest BCUT2D eigenvalue weighted by molar-refractivity contribution is 6.34. The Morgan fingerprint density at radius 3 is 2.67 bits per heavy atom. The minimum absolute atomic E-state index is 0.277. The second kappa shape index (κ2) is 4.61. The summed E-state index contributed by atoms with van der Waals surface area (Å²) in [4.78, 5) is 21.9. The van der Waals surface area contributed by atoms with Crippen LogP contribution in [0.4, 0.5) is 5.69 Å². The van der Waals surface area contributed by atoms with Gasteiger partial charge in [0.1, 0.15) is 0 Å². The van der Waals surface area contributed by atoms with E-state index in [9.17, 15) is 9.59 Å². The molecule has 1 rings (SSSR count). The second-order valence-corrected chi connectivity index (χ2v) is 3.16. The predicted molar refractivity (Wildman–Crippen MR) is 58.8 cm³/mol. The molecule has 4 nitrogen and oxygen atoms in total. The van der Waals surface area contributed by atoms with E-state index in [1.807, 2.05) is 0 Å². The van der Waals surface area contributed by atoms with Crippen LogP contribution < -0.4 is 11.1 Å². The molecule has 0 heterocycles. The summed E-state index contributed by atoms with van der Waals surface area (Å²) in [5.41, 5.74) is 5.69. The summed E-state index contributed by atoms with van der Waals surface area (Å²) in [7, 11) is 0. The van der Waals surface area contributed by atoms with Gasteiger partial charge in [0.25, 0.3) is 0 Å². The largest absolute Gasteiger partial charge is 0.366 e. The number of carbonyl (C=O) groups is 2. The van der Waals surface area contributed by atoms with Crippen molar-refractivity contribution in [3.63, 3.8) is 0 Å². The maximum Gasteiger partial charge on any atom is 0.248 e. The number of benzene rings is 1. The molecule has 1 aromatic rings. The predicted octanol–water partition coefficient (Wildman–Crippen LogP) is 1.56. The Balaban J connectivity index is 3.05. The molecule has 0 atom stereocenters. The SMILES string of the molecule is C=CC(=O)Nc1cc(C(N)=O)ccc1Cl. The molecule has 0 aliphatic heterocycles. The first kappa shape index (κ1) is 11.3. The first-order valence-electron chi connectivity index (χ1n) is 4.07. The summed E-state index contributed by atoms with van der Waals surface area (Å²) in [5.74, 6) is -0.987. The zero-order valence-corrected chi connectivity index (χ0v) is 8.54. The third kappa shape index (κ3) is 2.82. The van der Waals surface area contributed by atoms with Crippen LogP contribution in [-0.4, -0.2) is 11.8 Å². The number of primary amides is 1. The van der Waals surface area contributed by atoms with Gasteiger partial charge in [0.05, 0.1) is 10.7 Å². The van der Waals surface area contributed by atoms with Crippen LogP contribution in [0.3, 0.4) is 0 Å². The number of halogens is 1. The van der Waals surface area contributed by atoms with Crippen molar-refractivity contribution >= 4 is 29.1 Å². The summed E-state index contributed by atoms with van der Waals surface area (Å²) in [6.07, 6.45) is 1.10. The fourth-order valence-corrected chi connectivity index (χ4v) is 1.12. The van der Waals surface area contributed by atoms with Gasteiger partial charge in [0, 0.05) is 5.56 Å². The van der Waals surface area contributed by atoms with Gasteiger partial charge in [-0.25, -0.2) is 0 Å². The molecule has 78 valence electrons. The van der Waals surface area contributed by atoms with E-state index in [0.29, 0.717) is 10.7 Å². The summed E-state index contributed by atoms with van der Waals surface area (Å²) in [6, 6.07) is 4.38. The van der Waals surface area contributed by atoms with Crippen molar-refractivity contribution in [3.8, 4) is 0 Å². The van der Waals surface area contributed by atoms with Gasteiger partial charge in [0.15, 0.2) is 0 Å². The molecule has 0 saturated carbocycles. The van der Waals surface area contributed by atoms with Gasteiger partial charge >= 0.3 is 0 Å². The normalized spacial score (nSPS) is 9.40. The molecule has 1 aromatic carbocycles. The van der Waals surface area contributed by atoms with E-state index in [-0.39, 0.29) is 5.56 Å². The molecule has 2 amide bonds. The van der Waals surface area contributed by atoms with E-state index >= 15 is 0 Å². The number of anilines is 1. The third-order valence-electron chi connectivity index (χ3n) is 1.69. The van der Waals surface area contributed by atoms with Crippen molar-refractivity contribution in [1.29, 1.82) is 0 Å². The van der Waals surface area contributed by atoms with Crippen LogP contribution in [0, 0.1) is 0 Å². The molecule has 0 aromatic heterocycles. The van der Waals surface area contributed by atoms with Gasteiger partial charge in [-0.15, -0.1) is 0 Å². The van der Waals surface area contributed by atoms with Gasteiger partial charge < -0.3 is 11.1 Å². The lowest BCUT2D eigenvalue weighted by Crippen LogP contribution is -2.13. The van der Waals surface area contributed by atoms with E-state index < -0.39 is 11.8 Å². The number of amides is 2. The zero-order valence-electron chi connectivity index (χ0n) is 7.79. The van der Waals surface area contributed by atoms with Gasteiger partial charge in [-0.05, 0) is 24.3 Å². The summed E-state index contributed by atoms with van der Waals surface area (Å²) in [5, 5.41) is 2.79. The molecule has 15 heavy (non-hydrogen) atoms. The van der Waals surface area contributed by atoms with Crippen molar-refractivity contribution in [2.45, 2.75) is 0 Å². The molecule has 0 aliphatic carbocycles. The molecule has 5 heteroatoms. The van der Waals surface area contributed by atoms with Gasteiger partial charge in [-0.2, -0.15) is 0 Å². The molecule has 0 spiro atoms. The van der Waals surface area contributed by atoms with Crippen LogP contribution in [-0.2, 0) is 4.79 Å². The summed E-state index contributed by atoms with van der Waals surface area (Å²) in [6.45, 7) is 3.30. The topological polar surface area (TPSA) is 72.2 Å². The highest BCUT2D eigenvalue weighted by Crippen LogP contribution is 2.22. The molecule has 0 radical (unpaired) electrons. The van der Waals surface area contributed by atoms with Crippen molar-refractivity contribution in [3.05, 3.63) is 41.4 Å². The maximum atomic E-state index is 11.0. The minimum Gasteiger partial charge on any atom is -0.366 e. The lowest BCUT2D eigenvalue weighted by atomic mass is 10.2. The van der Waals surface area contributed by atoms with E-state index in [2.05, 4.69) is 11.9 Å². The Morgan fingerprint density at radius 2 is 2.13 bits per heavy atom.